The van der Waals surface area contributed by atoms with Crippen LogP contribution < -0.4 is 0 Å². The maximum atomic E-state index is 9.80. The molecule has 5 aromatic carbocycles. The van der Waals surface area contributed by atoms with Crippen LogP contribution in [0.1, 0.15) is 22.3 Å². The minimum atomic E-state index is 0.848. The van der Waals surface area contributed by atoms with Gasteiger partial charge in [-0.2, -0.15) is 10.5 Å². The second-order valence-corrected chi connectivity index (χ2v) is 8.78. The molecule has 0 heterocycles. The van der Waals surface area contributed by atoms with E-state index in [4.69, 9.17) is 0 Å². The molecule has 0 saturated carbocycles. The molecule has 0 aliphatic rings. The third-order valence-electron chi connectivity index (χ3n) is 6.49. The van der Waals surface area contributed by atoms with Crippen LogP contribution >= 0.6 is 0 Å². The van der Waals surface area contributed by atoms with Crippen molar-refractivity contribution in [1.82, 2.24) is 0 Å². The molecule has 0 aliphatic carbocycles. The Hall–Kier alpha value is -5.44. The van der Waals surface area contributed by atoms with Gasteiger partial charge in [0.05, 0.1) is 12.1 Å². The Labute approximate surface area is 223 Å². The van der Waals surface area contributed by atoms with Crippen LogP contribution in [0, 0.1) is 22.7 Å². The van der Waals surface area contributed by atoms with E-state index in [1.165, 1.54) is 0 Å². The van der Waals surface area contributed by atoms with Crippen LogP contribution in [0.15, 0.2) is 146 Å². The van der Waals surface area contributed by atoms with Crippen LogP contribution in [0.5, 0.6) is 0 Å². The fourth-order valence-corrected chi connectivity index (χ4v) is 4.76. The highest BCUT2D eigenvalue weighted by Crippen LogP contribution is 2.41. The summed E-state index contributed by atoms with van der Waals surface area (Å²) in [4.78, 5) is 0. The van der Waals surface area contributed by atoms with E-state index >= 15 is 0 Å². The van der Waals surface area contributed by atoms with Crippen molar-refractivity contribution in [3.05, 3.63) is 168 Å². The predicted octanol–water partition coefficient (Wildman–Crippen LogP) is 8.93. The molecule has 0 fully saturated rings. The number of hydrogen-bond acceptors (Lipinski definition) is 2. The zero-order valence-corrected chi connectivity index (χ0v) is 20.8. The van der Waals surface area contributed by atoms with E-state index in [1.54, 1.807) is 12.2 Å². The van der Waals surface area contributed by atoms with Gasteiger partial charge in [-0.25, -0.2) is 0 Å². The zero-order chi connectivity index (χ0) is 26.2. The van der Waals surface area contributed by atoms with Gasteiger partial charge in [0.2, 0.25) is 0 Å². The highest BCUT2D eigenvalue weighted by atomic mass is 14.3. The molecular weight excluding hydrogens is 460 g/mol. The Kier molecular flexibility index (Phi) is 7.36. The largest absolute Gasteiger partial charge is 0.193 e. The molecule has 38 heavy (non-hydrogen) atoms. The lowest BCUT2D eigenvalue weighted by molar-refractivity contribution is 1.47. The quantitative estimate of drug-likeness (QED) is 0.226. The molecule has 178 valence electrons. The van der Waals surface area contributed by atoms with Crippen molar-refractivity contribution in [2.45, 2.75) is 0 Å². The second kappa shape index (κ2) is 11.5. The first-order valence-corrected chi connectivity index (χ1v) is 12.4. The summed E-state index contributed by atoms with van der Waals surface area (Å²) in [7, 11) is 0. The Morgan fingerprint density at radius 1 is 0.447 bits per heavy atom. The van der Waals surface area contributed by atoms with E-state index < -0.39 is 0 Å². The molecule has 0 N–H and O–H groups in total. The van der Waals surface area contributed by atoms with Gasteiger partial charge in [-0.1, -0.05) is 121 Å². The molecule has 0 aliphatic heterocycles. The number of nitriles is 2. The van der Waals surface area contributed by atoms with Crippen LogP contribution in [0.2, 0.25) is 0 Å². The smallest absolute Gasteiger partial charge is 0.0918 e. The molecule has 0 aromatic heterocycles. The van der Waals surface area contributed by atoms with Crippen LogP contribution in [-0.2, 0) is 0 Å². The summed E-state index contributed by atoms with van der Waals surface area (Å²) >= 11 is 0. The molecule has 0 bridgehead atoms. The van der Waals surface area contributed by atoms with Crippen molar-refractivity contribution in [3.63, 3.8) is 0 Å². The van der Waals surface area contributed by atoms with Gasteiger partial charge in [-0.15, -0.1) is 0 Å². The summed E-state index contributed by atoms with van der Waals surface area (Å²) in [5.41, 5.74) is 9.59. The molecule has 0 amide bonds. The average Bonchev–Trinajstić information content (AvgIpc) is 3.00. The Bertz CT molecular complexity index is 1550. The van der Waals surface area contributed by atoms with Gasteiger partial charge >= 0.3 is 0 Å². The first-order valence-electron chi connectivity index (χ1n) is 12.4. The van der Waals surface area contributed by atoms with Crippen molar-refractivity contribution in [3.8, 4) is 34.4 Å². The van der Waals surface area contributed by atoms with Crippen LogP contribution in [0.25, 0.3) is 33.4 Å². The van der Waals surface area contributed by atoms with E-state index in [9.17, 15) is 10.5 Å². The van der Waals surface area contributed by atoms with E-state index in [-0.39, 0.29) is 0 Å². The molecular formula is C36H24N2. The fourth-order valence-electron chi connectivity index (χ4n) is 4.76. The predicted molar refractivity (Wildman–Crippen MR) is 156 cm³/mol. The summed E-state index contributed by atoms with van der Waals surface area (Å²) in [6.07, 6.45) is 3.24. The zero-order valence-electron chi connectivity index (χ0n) is 20.8. The van der Waals surface area contributed by atoms with Gasteiger partial charge in [0, 0.05) is 12.2 Å². The van der Waals surface area contributed by atoms with Crippen molar-refractivity contribution in [1.29, 1.82) is 10.5 Å². The van der Waals surface area contributed by atoms with Crippen molar-refractivity contribution in [2.75, 3.05) is 0 Å². The third-order valence-corrected chi connectivity index (χ3v) is 6.49. The first-order chi connectivity index (χ1) is 18.8. The Balaban J connectivity index is 1.90. The minimum absolute atomic E-state index is 0.848. The molecule has 2 heteroatoms. The van der Waals surface area contributed by atoms with Gasteiger partial charge < -0.3 is 0 Å². The number of hydrogen-bond donors (Lipinski definition) is 0. The van der Waals surface area contributed by atoms with E-state index in [0.717, 1.165) is 55.7 Å². The molecule has 0 unspecified atom stereocenters. The number of nitrogens with zero attached hydrogens (tertiary/aromatic N) is 2. The molecule has 5 aromatic rings. The lowest BCUT2D eigenvalue weighted by Gasteiger charge is -2.21. The summed E-state index contributed by atoms with van der Waals surface area (Å²) in [6, 6.07) is 49.2. The normalized spacial score (nSPS) is 11.4. The highest BCUT2D eigenvalue weighted by Gasteiger charge is 2.20. The number of allylic oxidation sites excluding steroid dienone is 2. The molecule has 5 rings (SSSR count). The topological polar surface area (TPSA) is 47.6 Å². The highest BCUT2D eigenvalue weighted by molar-refractivity contribution is 5.97. The van der Waals surface area contributed by atoms with Gasteiger partial charge in [0.25, 0.3) is 0 Å². The van der Waals surface area contributed by atoms with E-state index in [0.29, 0.717) is 0 Å². The van der Waals surface area contributed by atoms with Gasteiger partial charge in [0.1, 0.15) is 0 Å². The number of benzene rings is 5. The van der Waals surface area contributed by atoms with Crippen molar-refractivity contribution < 1.29 is 0 Å². The van der Waals surface area contributed by atoms with Gasteiger partial charge in [0.15, 0.2) is 0 Å². The molecule has 0 spiro atoms. The van der Waals surface area contributed by atoms with Crippen LogP contribution in [-0.4, -0.2) is 0 Å². The minimum Gasteiger partial charge on any atom is -0.193 e. The van der Waals surface area contributed by atoms with Crippen LogP contribution in [0.4, 0.5) is 0 Å². The third kappa shape index (κ3) is 5.07. The van der Waals surface area contributed by atoms with E-state index in [2.05, 4.69) is 48.5 Å². The van der Waals surface area contributed by atoms with E-state index in [1.807, 2.05) is 97.1 Å². The maximum Gasteiger partial charge on any atom is 0.0918 e. The standard InChI is InChI=1S/C36H24N2/c37-23-21-31(27-13-5-1-6-14-27)35-25-34(30-19-11-4-12-20-30)36(26-33(35)29-17-9-3-10-18-29)32(22-24-38)28-15-7-2-8-16-28/h1-22,25-26H/b31-21+,32-22+. The maximum absolute atomic E-state index is 9.80. The van der Waals surface area contributed by atoms with Crippen molar-refractivity contribution in [2.24, 2.45) is 0 Å². The summed E-state index contributed by atoms with van der Waals surface area (Å²) in [5.74, 6) is 0. The Morgan fingerprint density at radius 3 is 1.08 bits per heavy atom. The fraction of sp³-hybridized carbons (Fsp3) is 0. The Morgan fingerprint density at radius 2 is 0.763 bits per heavy atom. The molecule has 0 atom stereocenters. The molecule has 0 saturated heterocycles. The average molecular weight is 485 g/mol. The van der Waals surface area contributed by atoms with Crippen LogP contribution in [0.3, 0.4) is 0 Å². The molecule has 2 nitrogen and oxygen atoms in total. The molecule has 0 radical (unpaired) electrons. The van der Waals surface area contributed by atoms with Gasteiger partial charge in [-0.3, -0.25) is 0 Å². The summed E-state index contributed by atoms with van der Waals surface area (Å²) in [6.45, 7) is 0. The monoisotopic (exact) mass is 484 g/mol. The SMILES string of the molecule is N#C/C=C(\c1ccccc1)c1cc(-c2ccccc2)c(/C(=C/C#N)c2ccccc2)cc1-c1ccccc1. The lowest BCUT2D eigenvalue weighted by Crippen LogP contribution is -1.99. The summed E-state index contributed by atoms with van der Waals surface area (Å²) < 4.78 is 0. The first kappa shape index (κ1) is 24.3. The lowest BCUT2D eigenvalue weighted by atomic mass is 9.82. The second-order valence-electron chi connectivity index (χ2n) is 8.78. The number of rotatable bonds is 6. The van der Waals surface area contributed by atoms with Crippen molar-refractivity contribution >= 4 is 11.1 Å². The van der Waals surface area contributed by atoms with Gasteiger partial charge in [-0.05, 0) is 67.8 Å². The summed E-state index contributed by atoms with van der Waals surface area (Å²) in [5, 5.41) is 19.6.